The van der Waals surface area contributed by atoms with Crippen molar-refractivity contribution in [1.82, 2.24) is 0 Å². The highest BCUT2D eigenvalue weighted by Crippen LogP contribution is 2.30. The van der Waals surface area contributed by atoms with E-state index in [1.165, 1.54) is 0 Å². The van der Waals surface area contributed by atoms with Gasteiger partial charge in [0.15, 0.2) is 16.6 Å². The van der Waals surface area contributed by atoms with Crippen molar-refractivity contribution < 1.29 is 8.23 Å². The molecular formula is C13H31NO2Si3. The molecule has 0 N–H and O–H groups in total. The van der Waals surface area contributed by atoms with E-state index in [1.54, 1.807) is 0 Å². The molecule has 19 heavy (non-hydrogen) atoms. The van der Waals surface area contributed by atoms with Gasteiger partial charge in [0, 0.05) is 0 Å². The summed E-state index contributed by atoms with van der Waals surface area (Å²) >= 11 is 0. The van der Waals surface area contributed by atoms with Gasteiger partial charge in [0.1, 0.15) is 0 Å². The molecule has 0 saturated carbocycles. The molecule has 3 nitrogen and oxygen atoms in total. The molecule has 0 aromatic heterocycles. The summed E-state index contributed by atoms with van der Waals surface area (Å²) in [5, 5.41) is 9.16. The van der Waals surface area contributed by atoms with E-state index in [9.17, 15) is 0 Å². The molecule has 6 heteroatoms. The minimum Gasteiger partial charge on any atom is -0.437 e. The summed E-state index contributed by atoms with van der Waals surface area (Å²) in [6.07, 6.45) is 0.848. The van der Waals surface area contributed by atoms with Crippen LogP contribution in [0.3, 0.4) is 0 Å². The van der Waals surface area contributed by atoms with Crippen LogP contribution < -0.4 is 0 Å². The van der Waals surface area contributed by atoms with Crippen molar-refractivity contribution in [3.63, 3.8) is 0 Å². The maximum Gasteiger partial charge on any atom is 0.314 e. The van der Waals surface area contributed by atoms with E-state index in [2.05, 4.69) is 51.9 Å². The molecule has 0 aliphatic heterocycles. The van der Waals surface area contributed by atoms with Crippen LogP contribution in [0.4, 0.5) is 0 Å². The Labute approximate surface area is 122 Å². The van der Waals surface area contributed by atoms with Crippen molar-refractivity contribution in [2.24, 2.45) is 5.41 Å². The molecule has 0 atom stereocenters. The summed E-state index contributed by atoms with van der Waals surface area (Å²) in [5.41, 5.74) is -0.292. The molecule has 0 fully saturated rings. The lowest BCUT2D eigenvalue weighted by Gasteiger charge is -2.39. The second kappa shape index (κ2) is 6.22. The average molecular weight is 318 g/mol. The molecule has 0 radical (unpaired) electrons. The summed E-state index contributed by atoms with van der Waals surface area (Å²) in [5.74, 6) is 0. The third-order valence-corrected chi connectivity index (χ3v) is 12.1. The van der Waals surface area contributed by atoms with Gasteiger partial charge in [-0.05, 0) is 72.1 Å². The molecule has 0 aliphatic rings. The highest BCUT2D eigenvalue weighted by Gasteiger charge is 2.41. The summed E-state index contributed by atoms with van der Waals surface area (Å²) in [7, 11) is -5.42. The number of rotatable bonds is 7. The highest BCUT2D eigenvalue weighted by atomic mass is 28.5. The van der Waals surface area contributed by atoms with Gasteiger partial charge in [-0.1, -0.05) is 0 Å². The standard InChI is InChI=1S/C13H31NO2Si3/c1-13(2,12-14)10-11-19(9,15-17(3,4)5)16-18(6,7)8/h10-11H2,1-9H3. The first-order valence-corrected chi connectivity index (χ1v) is 16.3. The SMILES string of the molecule is CC(C)(C#N)CC[Si](C)(O[Si](C)(C)C)O[Si](C)(C)C. The van der Waals surface area contributed by atoms with Crippen molar-refractivity contribution in [3.8, 4) is 6.07 Å². The molecule has 0 amide bonds. The zero-order chi connectivity index (χ0) is 15.5. The molecule has 0 spiro atoms. The molecule has 0 aliphatic carbocycles. The topological polar surface area (TPSA) is 42.2 Å². The summed E-state index contributed by atoms with van der Waals surface area (Å²) in [6.45, 7) is 19.4. The smallest absolute Gasteiger partial charge is 0.314 e. The fourth-order valence-electron chi connectivity index (χ4n) is 2.01. The van der Waals surface area contributed by atoms with Crippen LogP contribution in [-0.4, -0.2) is 25.2 Å². The van der Waals surface area contributed by atoms with E-state index in [0.717, 1.165) is 12.5 Å². The minimum absolute atomic E-state index is 0.292. The highest BCUT2D eigenvalue weighted by molar-refractivity contribution is 6.87. The zero-order valence-corrected chi connectivity index (χ0v) is 17.2. The van der Waals surface area contributed by atoms with Crippen molar-refractivity contribution in [3.05, 3.63) is 0 Å². The quantitative estimate of drug-likeness (QED) is 0.639. The summed E-state index contributed by atoms with van der Waals surface area (Å²) in [6, 6.07) is 3.28. The van der Waals surface area contributed by atoms with Gasteiger partial charge >= 0.3 is 8.56 Å². The number of nitriles is 1. The Bertz CT molecular complexity index is 321. The van der Waals surface area contributed by atoms with Gasteiger partial charge in [0.05, 0.1) is 11.5 Å². The van der Waals surface area contributed by atoms with Crippen LogP contribution in [0.1, 0.15) is 20.3 Å². The molecule has 0 saturated heterocycles. The predicted octanol–water partition coefficient (Wildman–Crippen LogP) is 4.70. The lowest BCUT2D eigenvalue weighted by molar-refractivity contribution is 0.364. The van der Waals surface area contributed by atoms with E-state index >= 15 is 0 Å². The van der Waals surface area contributed by atoms with Crippen molar-refractivity contribution in [2.45, 2.75) is 72.1 Å². The number of nitrogens with zero attached hydrogens (tertiary/aromatic N) is 1. The van der Waals surface area contributed by atoms with Gasteiger partial charge in [-0.2, -0.15) is 5.26 Å². The van der Waals surface area contributed by atoms with Gasteiger partial charge in [-0.15, -0.1) is 0 Å². The molecular weight excluding hydrogens is 286 g/mol. The third-order valence-electron chi connectivity index (χ3n) is 2.55. The van der Waals surface area contributed by atoms with Crippen LogP contribution in [0.15, 0.2) is 0 Å². The lowest BCUT2D eigenvalue weighted by atomic mass is 9.93. The van der Waals surface area contributed by atoms with Crippen molar-refractivity contribution in [1.29, 1.82) is 5.26 Å². The molecule has 0 rings (SSSR count). The average Bonchev–Trinajstić information content (AvgIpc) is 2.09. The normalized spacial score (nSPS) is 14.3. The fraction of sp³-hybridized carbons (Fsp3) is 0.923. The fourth-order valence-corrected chi connectivity index (χ4v) is 14.8. The van der Waals surface area contributed by atoms with E-state index in [0.29, 0.717) is 0 Å². The Morgan fingerprint density at radius 2 is 1.26 bits per heavy atom. The Morgan fingerprint density at radius 3 is 1.53 bits per heavy atom. The predicted molar refractivity (Wildman–Crippen MR) is 89.3 cm³/mol. The van der Waals surface area contributed by atoms with Crippen LogP contribution in [0.2, 0.25) is 51.9 Å². The first-order valence-electron chi connectivity index (χ1n) is 7.00. The van der Waals surface area contributed by atoms with Crippen molar-refractivity contribution >= 4 is 25.2 Å². The molecule has 0 bridgehead atoms. The third kappa shape index (κ3) is 9.57. The van der Waals surface area contributed by atoms with E-state index in [-0.39, 0.29) is 5.41 Å². The Balaban J connectivity index is 4.93. The summed E-state index contributed by atoms with van der Waals surface area (Å²) < 4.78 is 12.8. The van der Waals surface area contributed by atoms with Gasteiger partial charge in [-0.3, -0.25) is 0 Å². The number of hydrogen-bond acceptors (Lipinski definition) is 3. The van der Waals surface area contributed by atoms with Crippen LogP contribution >= 0.6 is 0 Å². The second-order valence-corrected chi connectivity index (χ2v) is 20.9. The zero-order valence-electron chi connectivity index (χ0n) is 14.2. The molecule has 0 aromatic rings. The Morgan fingerprint density at radius 1 is 0.895 bits per heavy atom. The van der Waals surface area contributed by atoms with Gasteiger partial charge in [0.25, 0.3) is 0 Å². The Kier molecular flexibility index (Phi) is 6.24. The first kappa shape index (κ1) is 19.1. The molecule has 0 heterocycles. The van der Waals surface area contributed by atoms with E-state index in [1.807, 2.05) is 13.8 Å². The van der Waals surface area contributed by atoms with Crippen LogP contribution in [0.25, 0.3) is 0 Å². The van der Waals surface area contributed by atoms with Gasteiger partial charge < -0.3 is 8.23 Å². The van der Waals surface area contributed by atoms with E-state index < -0.39 is 25.2 Å². The van der Waals surface area contributed by atoms with Crippen LogP contribution in [-0.2, 0) is 8.23 Å². The van der Waals surface area contributed by atoms with Gasteiger partial charge in [-0.25, -0.2) is 0 Å². The van der Waals surface area contributed by atoms with Gasteiger partial charge in [0.2, 0.25) is 0 Å². The minimum atomic E-state index is -2.17. The molecule has 0 unspecified atom stereocenters. The Hall–Kier alpha value is 0.0606. The van der Waals surface area contributed by atoms with Crippen molar-refractivity contribution in [2.75, 3.05) is 0 Å². The van der Waals surface area contributed by atoms with Crippen LogP contribution in [0, 0.1) is 16.7 Å². The first-order chi connectivity index (χ1) is 8.18. The maximum atomic E-state index is 9.16. The van der Waals surface area contributed by atoms with Crippen LogP contribution in [0.5, 0.6) is 0 Å². The molecule has 0 aromatic carbocycles. The second-order valence-electron chi connectivity index (χ2n) is 8.06. The largest absolute Gasteiger partial charge is 0.437 e. The maximum absolute atomic E-state index is 9.16. The lowest BCUT2D eigenvalue weighted by Crippen LogP contribution is -2.52. The monoisotopic (exact) mass is 317 g/mol. The molecule has 112 valence electrons. The number of hydrogen-bond donors (Lipinski definition) is 0. The van der Waals surface area contributed by atoms with E-state index in [4.69, 9.17) is 13.5 Å². The summed E-state index contributed by atoms with van der Waals surface area (Å²) in [4.78, 5) is 0.